The first-order valence-electron chi connectivity index (χ1n) is 6.47. The lowest BCUT2D eigenvalue weighted by atomic mass is 10.0. The lowest BCUT2D eigenvalue weighted by molar-refractivity contribution is -0.144. The zero-order chi connectivity index (χ0) is 13.8. The molecule has 1 unspecified atom stereocenters. The van der Waals surface area contributed by atoms with Gasteiger partial charge in [-0.2, -0.15) is 0 Å². The molecule has 0 saturated carbocycles. The number of hydrogen-bond acceptors (Lipinski definition) is 4. The Bertz CT molecular complexity index is 455. The summed E-state index contributed by atoms with van der Waals surface area (Å²) in [6, 6.07) is 4.08. The average Bonchev–Trinajstić information content (AvgIpc) is 2.40. The van der Waals surface area contributed by atoms with Crippen molar-refractivity contribution in [2.24, 2.45) is 0 Å². The van der Waals surface area contributed by atoms with Gasteiger partial charge < -0.3 is 14.9 Å². The van der Waals surface area contributed by atoms with Crippen LogP contribution in [0.15, 0.2) is 18.2 Å². The van der Waals surface area contributed by atoms with Crippen molar-refractivity contribution in [1.82, 2.24) is 4.90 Å². The van der Waals surface area contributed by atoms with Gasteiger partial charge in [-0.3, -0.25) is 9.69 Å². The van der Waals surface area contributed by atoms with Crippen LogP contribution >= 0.6 is 0 Å². The minimum Gasteiger partial charge on any atom is -0.504 e. The predicted molar refractivity (Wildman–Crippen MR) is 70.5 cm³/mol. The van der Waals surface area contributed by atoms with Crippen LogP contribution in [0.5, 0.6) is 11.5 Å². The van der Waals surface area contributed by atoms with E-state index < -0.39 is 12.0 Å². The molecule has 1 aliphatic rings. The smallest absolute Gasteiger partial charge is 0.325 e. The number of hydrogen-bond donors (Lipinski definition) is 2. The zero-order valence-electron chi connectivity index (χ0n) is 11.0. The molecule has 0 aliphatic carbocycles. The number of methoxy groups -OCH3 is 1. The van der Waals surface area contributed by atoms with Gasteiger partial charge in [-0.15, -0.1) is 0 Å². The van der Waals surface area contributed by atoms with Crippen LogP contribution in [0, 0.1) is 0 Å². The van der Waals surface area contributed by atoms with Crippen molar-refractivity contribution < 1.29 is 19.7 Å². The summed E-state index contributed by atoms with van der Waals surface area (Å²) >= 11 is 0. The van der Waals surface area contributed by atoms with Crippen molar-refractivity contribution in [2.75, 3.05) is 20.2 Å². The summed E-state index contributed by atoms with van der Waals surface area (Å²) in [5, 5.41) is 19.2. The van der Waals surface area contributed by atoms with Crippen molar-refractivity contribution in [3.05, 3.63) is 23.8 Å². The van der Waals surface area contributed by atoms with Crippen molar-refractivity contribution >= 4 is 5.97 Å². The minimum atomic E-state index is -0.883. The Balaban J connectivity index is 2.28. The monoisotopic (exact) mass is 265 g/mol. The number of phenolic OH excluding ortho intramolecular Hbond substituents is 1. The normalized spacial score (nSPS) is 17.9. The number of likely N-dealkylation sites (tertiary alicyclic amines) is 1. The highest BCUT2D eigenvalue weighted by Gasteiger charge is 2.29. The fourth-order valence-electron chi connectivity index (χ4n) is 2.56. The molecule has 104 valence electrons. The van der Waals surface area contributed by atoms with Crippen molar-refractivity contribution in [3.8, 4) is 11.5 Å². The molecule has 1 aromatic carbocycles. The number of rotatable bonds is 4. The molecule has 2 N–H and O–H groups in total. The van der Waals surface area contributed by atoms with Gasteiger partial charge in [0.15, 0.2) is 11.5 Å². The third-order valence-electron chi connectivity index (χ3n) is 3.51. The van der Waals surface area contributed by atoms with Crippen LogP contribution in [0.1, 0.15) is 30.9 Å². The Labute approximate surface area is 112 Å². The molecule has 5 nitrogen and oxygen atoms in total. The van der Waals surface area contributed by atoms with E-state index in [1.807, 2.05) is 4.90 Å². The second-order valence-corrected chi connectivity index (χ2v) is 4.77. The quantitative estimate of drug-likeness (QED) is 0.871. The van der Waals surface area contributed by atoms with E-state index in [0.717, 1.165) is 32.4 Å². The highest BCUT2D eigenvalue weighted by molar-refractivity contribution is 5.76. The number of carbonyl (C=O) groups is 1. The van der Waals surface area contributed by atoms with Crippen molar-refractivity contribution in [2.45, 2.75) is 25.3 Å². The van der Waals surface area contributed by atoms with E-state index in [9.17, 15) is 15.0 Å². The first kappa shape index (κ1) is 13.7. The van der Waals surface area contributed by atoms with Crippen LogP contribution in [-0.4, -0.2) is 41.3 Å². The van der Waals surface area contributed by atoms with Gasteiger partial charge in [-0.25, -0.2) is 0 Å². The van der Waals surface area contributed by atoms with E-state index in [-0.39, 0.29) is 5.75 Å². The topological polar surface area (TPSA) is 70.0 Å². The summed E-state index contributed by atoms with van der Waals surface area (Å²) in [6.45, 7) is 1.56. The van der Waals surface area contributed by atoms with Crippen LogP contribution in [0.25, 0.3) is 0 Å². The Kier molecular flexibility index (Phi) is 4.27. The largest absolute Gasteiger partial charge is 0.504 e. The van der Waals surface area contributed by atoms with Gasteiger partial charge in [-0.05, 0) is 43.6 Å². The van der Waals surface area contributed by atoms with Gasteiger partial charge in [0.25, 0.3) is 0 Å². The van der Waals surface area contributed by atoms with Crippen LogP contribution in [-0.2, 0) is 4.79 Å². The standard InChI is InChI=1S/C14H19NO4/c1-19-12-6-5-10(9-11(12)16)13(14(17)18)15-7-3-2-4-8-15/h5-6,9,13,16H,2-4,7-8H2,1H3,(H,17,18). The molecule has 1 saturated heterocycles. The lowest BCUT2D eigenvalue weighted by Crippen LogP contribution is -2.37. The number of carboxylic acid groups (broad SMARTS) is 1. The molecule has 19 heavy (non-hydrogen) atoms. The van der Waals surface area contributed by atoms with E-state index in [2.05, 4.69) is 0 Å². The fourth-order valence-corrected chi connectivity index (χ4v) is 2.56. The van der Waals surface area contributed by atoms with Crippen molar-refractivity contribution in [3.63, 3.8) is 0 Å². The van der Waals surface area contributed by atoms with E-state index >= 15 is 0 Å². The molecule has 5 heteroatoms. The number of phenols is 1. The zero-order valence-corrected chi connectivity index (χ0v) is 11.0. The summed E-state index contributed by atoms with van der Waals surface area (Å²) in [7, 11) is 1.47. The molecule has 1 aliphatic heterocycles. The molecule has 0 spiro atoms. The Morgan fingerprint density at radius 3 is 2.53 bits per heavy atom. The molecule has 0 bridgehead atoms. The number of nitrogens with zero attached hydrogens (tertiary/aromatic N) is 1. The first-order valence-corrected chi connectivity index (χ1v) is 6.47. The van der Waals surface area contributed by atoms with E-state index in [1.165, 1.54) is 13.2 Å². The fraction of sp³-hybridized carbons (Fsp3) is 0.500. The third-order valence-corrected chi connectivity index (χ3v) is 3.51. The van der Waals surface area contributed by atoms with Crippen molar-refractivity contribution in [1.29, 1.82) is 0 Å². The molecule has 2 rings (SSSR count). The molecule has 0 amide bonds. The highest BCUT2D eigenvalue weighted by atomic mass is 16.5. The number of carboxylic acids is 1. The van der Waals surface area contributed by atoms with Crippen LogP contribution in [0.2, 0.25) is 0 Å². The third kappa shape index (κ3) is 2.98. The van der Waals surface area contributed by atoms with E-state index in [0.29, 0.717) is 11.3 Å². The summed E-state index contributed by atoms with van der Waals surface area (Å²) in [5.41, 5.74) is 0.590. The van der Waals surface area contributed by atoms with Gasteiger partial charge in [-0.1, -0.05) is 12.5 Å². The second kappa shape index (κ2) is 5.93. The van der Waals surface area contributed by atoms with E-state index in [1.54, 1.807) is 12.1 Å². The molecule has 0 aromatic heterocycles. The Morgan fingerprint density at radius 2 is 2.00 bits per heavy atom. The molecule has 1 atom stereocenters. The maximum Gasteiger partial charge on any atom is 0.325 e. The number of ether oxygens (including phenoxy) is 1. The summed E-state index contributed by atoms with van der Waals surface area (Å²) in [5.74, 6) is -0.554. The summed E-state index contributed by atoms with van der Waals surface area (Å²) < 4.78 is 4.97. The Morgan fingerprint density at radius 1 is 1.32 bits per heavy atom. The van der Waals surface area contributed by atoms with E-state index in [4.69, 9.17) is 4.74 Å². The van der Waals surface area contributed by atoms with Gasteiger partial charge in [0.05, 0.1) is 7.11 Å². The van der Waals surface area contributed by atoms with Gasteiger partial charge >= 0.3 is 5.97 Å². The summed E-state index contributed by atoms with van der Waals surface area (Å²) in [6.07, 6.45) is 3.19. The number of benzene rings is 1. The average molecular weight is 265 g/mol. The van der Waals surface area contributed by atoms with Crippen LogP contribution in [0.4, 0.5) is 0 Å². The van der Waals surface area contributed by atoms with Gasteiger partial charge in [0.1, 0.15) is 6.04 Å². The highest BCUT2D eigenvalue weighted by Crippen LogP contribution is 2.32. The number of aromatic hydroxyl groups is 1. The number of piperidine rings is 1. The second-order valence-electron chi connectivity index (χ2n) is 4.77. The van der Waals surface area contributed by atoms with Gasteiger partial charge in [0, 0.05) is 0 Å². The molecular formula is C14H19NO4. The molecule has 1 heterocycles. The van der Waals surface area contributed by atoms with Crippen LogP contribution in [0.3, 0.4) is 0 Å². The van der Waals surface area contributed by atoms with Crippen LogP contribution < -0.4 is 4.74 Å². The lowest BCUT2D eigenvalue weighted by Gasteiger charge is -2.32. The number of aliphatic carboxylic acids is 1. The minimum absolute atomic E-state index is 0.0248. The van der Waals surface area contributed by atoms with Gasteiger partial charge in [0.2, 0.25) is 0 Å². The predicted octanol–water partition coefficient (Wildman–Crippen LogP) is 2.01. The maximum absolute atomic E-state index is 11.5. The summed E-state index contributed by atoms with van der Waals surface area (Å²) in [4.78, 5) is 13.5. The first-order chi connectivity index (χ1) is 9.13. The molecular weight excluding hydrogens is 246 g/mol. The maximum atomic E-state index is 11.5. The molecule has 0 radical (unpaired) electrons. The Hall–Kier alpha value is -1.75. The molecule has 1 aromatic rings. The molecule has 1 fully saturated rings. The SMILES string of the molecule is COc1ccc(C(C(=O)O)N2CCCCC2)cc1O.